The number of amides is 2. The van der Waals surface area contributed by atoms with Crippen LogP contribution in [0.2, 0.25) is 0 Å². The minimum absolute atomic E-state index is 0.0136. The van der Waals surface area contributed by atoms with E-state index in [0.29, 0.717) is 11.1 Å². The van der Waals surface area contributed by atoms with Gasteiger partial charge in [-0.3, -0.25) is 0 Å². The molecule has 2 N–H and O–H groups in total. The van der Waals surface area contributed by atoms with Gasteiger partial charge in [0.25, 0.3) is 0 Å². The Morgan fingerprint density at radius 3 is 2.33 bits per heavy atom. The number of rotatable bonds is 5. The Balaban J connectivity index is 1.59. The number of nitrogens with one attached hydrogen (secondary N) is 2. The minimum Gasteiger partial charge on any atom is -0.418 e. The highest BCUT2D eigenvalue weighted by Gasteiger charge is 2.30. The molecule has 0 bridgehead atoms. The van der Waals surface area contributed by atoms with Crippen molar-refractivity contribution in [2.75, 3.05) is 5.32 Å². The number of anilines is 1. The largest absolute Gasteiger partial charge is 0.418 e. The zero-order valence-corrected chi connectivity index (χ0v) is 16.8. The first-order valence-corrected chi connectivity index (χ1v) is 9.68. The van der Waals surface area contributed by atoms with Crippen LogP contribution in [-0.2, 0) is 6.18 Å². The van der Waals surface area contributed by atoms with Crippen molar-refractivity contribution in [1.29, 1.82) is 0 Å². The fourth-order valence-electron chi connectivity index (χ4n) is 3.06. The Kier molecular flexibility index (Phi) is 6.07. The van der Waals surface area contributed by atoms with Crippen molar-refractivity contribution >= 4 is 11.7 Å². The first kappa shape index (κ1) is 22.0. The number of urea groups is 1. The van der Waals surface area contributed by atoms with Crippen LogP contribution in [0.4, 0.5) is 28.0 Å². The molecule has 4 aromatic rings. The van der Waals surface area contributed by atoms with Gasteiger partial charge in [0.15, 0.2) is 0 Å². The summed E-state index contributed by atoms with van der Waals surface area (Å²) >= 11 is 0. The van der Waals surface area contributed by atoms with E-state index in [1.165, 1.54) is 36.4 Å². The van der Waals surface area contributed by atoms with Crippen LogP contribution in [0, 0.1) is 5.82 Å². The minimum atomic E-state index is -4.55. The summed E-state index contributed by atoms with van der Waals surface area (Å²) in [6.07, 6.45) is -4.55. The summed E-state index contributed by atoms with van der Waals surface area (Å²) in [5, 5.41) is 12.9. The van der Waals surface area contributed by atoms with Gasteiger partial charge in [0.2, 0.25) is 11.8 Å². The van der Waals surface area contributed by atoms with Crippen molar-refractivity contribution < 1.29 is 26.8 Å². The first-order chi connectivity index (χ1) is 15.8. The molecule has 1 atom stereocenters. The van der Waals surface area contributed by atoms with Gasteiger partial charge >= 0.3 is 12.2 Å². The second-order valence-corrected chi connectivity index (χ2v) is 6.97. The van der Waals surface area contributed by atoms with E-state index in [1.54, 1.807) is 24.3 Å². The molecule has 3 aromatic carbocycles. The van der Waals surface area contributed by atoms with Crippen molar-refractivity contribution in [2.24, 2.45) is 0 Å². The smallest absolute Gasteiger partial charge is 0.416 e. The molecule has 0 aliphatic rings. The molecule has 10 heteroatoms. The Morgan fingerprint density at radius 1 is 0.909 bits per heavy atom. The van der Waals surface area contributed by atoms with E-state index in [1.807, 2.05) is 6.07 Å². The number of nitrogens with zero attached hydrogens (tertiary/aromatic N) is 2. The van der Waals surface area contributed by atoms with E-state index in [2.05, 4.69) is 20.8 Å². The molecule has 0 aliphatic carbocycles. The van der Waals surface area contributed by atoms with E-state index >= 15 is 0 Å². The molecule has 2 amide bonds. The number of alkyl halides is 3. The lowest BCUT2D eigenvalue weighted by Crippen LogP contribution is -2.33. The highest BCUT2D eigenvalue weighted by atomic mass is 19.4. The molecule has 0 fully saturated rings. The molecule has 0 saturated heterocycles. The number of carbonyl (C=O) groups is 1. The molecular formula is C23H16F4N4O2. The molecule has 0 radical (unpaired) electrons. The van der Waals surface area contributed by atoms with Crippen LogP contribution < -0.4 is 10.6 Å². The van der Waals surface area contributed by atoms with Gasteiger partial charge in [-0.25, -0.2) is 9.18 Å². The molecule has 0 saturated carbocycles. The Labute approximate surface area is 185 Å². The van der Waals surface area contributed by atoms with Gasteiger partial charge < -0.3 is 15.1 Å². The Hall–Kier alpha value is -4.21. The average Bonchev–Trinajstić information content (AvgIpc) is 3.28. The molecular weight excluding hydrogens is 440 g/mol. The third kappa shape index (κ3) is 5.35. The van der Waals surface area contributed by atoms with E-state index in [4.69, 9.17) is 4.42 Å². The molecule has 33 heavy (non-hydrogen) atoms. The van der Waals surface area contributed by atoms with Crippen LogP contribution >= 0.6 is 0 Å². The fraction of sp³-hybridized carbons (Fsp3) is 0.0870. The van der Waals surface area contributed by atoms with Crippen LogP contribution in [-0.4, -0.2) is 16.2 Å². The summed E-state index contributed by atoms with van der Waals surface area (Å²) in [5.41, 5.74) is 0.122. The molecule has 1 aromatic heterocycles. The summed E-state index contributed by atoms with van der Waals surface area (Å²) in [5.74, 6) is -0.265. The summed E-state index contributed by atoms with van der Waals surface area (Å²) < 4.78 is 58.0. The van der Waals surface area contributed by atoms with Crippen molar-refractivity contribution in [3.8, 4) is 11.5 Å². The second-order valence-electron chi connectivity index (χ2n) is 6.97. The van der Waals surface area contributed by atoms with Gasteiger partial charge in [-0.2, -0.15) is 13.2 Å². The second kappa shape index (κ2) is 9.11. The van der Waals surface area contributed by atoms with E-state index in [9.17, 15) is 22.4 Å². The maximum Gasteiger partial charge on any atom is 0.416 e. The predicted molar refractivity (Wildman–Crippen MR) is 112 cm³/mol. The predicted octanol–water partition coefficient (Wildman–Crippen LogP) is 5.81. The van der Waals surface area contributed by atoms with Gasteiger partial charge in [-0.1, -0.05) is 36.4 Å². The maximum atomic E-state index is 13.4. The Bertz CT molecular complexity index is 1240. The third-order valence-electron chi connectivity index (χ3n) is 4.63. The van der Waals surface area contributed by atoms with Gasteiger partial charge in [0, 0.05) is 11.3 Å². The summed E-state index contributed by atoms with van der Waals surface area (Å²) in [4.78, 5) is 12.6. The zero-order chi connectivity index (χ0) is 23.4. The number of halogens is 4. The van der Waals surface area contributed by atoms with E-state index < -0.39 is 29.6 Å². The van der Waals surface area contributed by atoms with Crippen molar-refractivity contribution in [3.63, 3.8) is 0 Å². The van der Waals surface area contributed by atoms with Gasteiger partial charge in [0.05, 0.1) is 5.56 Å². The van der Waals surface area contributed by atoms with E-state index in [0.717, 1.165) is 12.1 Å². The molecule has 4 rings (SSSR count). The molecule has 6 nitrogen and oxygen atoms in total. The molecule has 1 heterocycles. The van der Waals surface area contributed by atoms with Crippen molar-refractivity contribution in [2.45, 2.75) is 12.2 Å². The summed E-state index contributed by atoms with van der Waals surface area (Å²) in [6.45, 7) is 0. The first-order valence-electron chi connectivity index (χ1n) is 9.68. The highest BCUT2D eigenvalue weighted by Crippen LogP contribution is 2.31. The Morgan fingerprint density at radius 2 is 1.64 bits per heavy atom. The SMILES string of the molecule is O=C(Nc1cccc(C(F)(F)F)c1)N[C@H](c1ccc(F)cc1)c1nnc(-c2ccccc2)o1. The van der Waals surface area contributed by atoms with Gasteiger partial charge in [0.1, 0.15) is 11.9 Å². The number of hydrogen-bond acceptors (Lipinski definition) is 4. The number of benzene rings is 3. The number of hydrogen-bond donors (Lipinski definition) is 2. The highest BCUT2D eigenvalue weighted by molar-refractivity contribution is 5.89. The standard InChI is InChI=1S/C23H16F4N4O2/c24-17-11-9-14(10-12-17)19(21-31-30-20(33-21)15-5-2-1-3-6-15)29-22(32)28-18-8-4-7-16(13-18)23(25,26)27/h1-13,19H,(H2,28,29,32)/t19-/m1/s1. The van der Waals surface area contributed by atoms with Crippen molar-refractivity contribution in [1.82, 2.24) is 15.5 Å². The third-order valence-corrected chi connectivity index (χ3v) is 4.63. The monoisotopic (exact) mass is 456 g/mol. The zero-order valence-electron chi connectivity index (χ0n) is 16.8. The lowest BCUT2D eigenvalue weighted by molar-refractivity contribution is -0.137. The molecule has 0 spiro atoms. The maximum absolute atomic E-state index is 13.4. The van der Waals surface area contributed by atoms with Crippen LogP contribution in [0.25, 0.3) is 11.5 Å². The molecule has 0 aliphatic heterocycles. The lowest BCUT2D eigenvalue weighted by atomic mass is 10.1. The van der Waals surface area contributed by atoms with E-state index in [-0.39, 0.29) is 17.5 Å². The van der Waals surface area contributed by atoms with Crippen LogP contribution in [0.1, 0.15) is 23.1 Å². The van der Waals surface area contributed by atoms with Crippen LogP contribution in [0.3, 0.4) is 0 Å². The quantitative estimate of drug-likeness (QED) is 0.372. The number of carbonyl (C=O) groups excluding carboxylic acids is 1. The van der Waals surface area contributed by atoms with Crippen LogP contribution in [0.5, 0.6) is 0 Å². The van der Waals surface area contributed by atoms with Crippen LogP contribution in [0.15, 0.2) is 83.3 Å². The summed E-state index contributed by atoms with van der Waals surface area (Å²) in [7, 11) is 0. The molecule has 0 unspecified atom stereocenters. The van der Waals surface area contributed by atoms with Crippen molar-refractivity contribution in [3.05, 3.63) is 102 Å². The normalized spacial score (nSPS) is 12.2. The average molecular weight is 456 g/mol. The summed E-state index contributed by atoms with van der Waals surface area (Å²) in [6, 6.07) is 16.6. The van der Waals surface area contributed by atoms with Gasteiger partial charge in [-0.05, 0) is 48.0 Å². The number of aromatic nitrogens is 2. The molecule has 168 valence electrons. The topological polar surface area (TPSA) is 80.0 Å². The lowest BCUT2D eigenvalue weighted by Gasteiger charge is -2.17. The fourth-order valence-corrected chi connectivity index (χ4v) is 3.06. The van der Waals surface area contributed by atoms with Gasteiger partial charge in [-0.15, -0.1) is 10.2 Å².